The molecule has 5 aromatic rings. The van der Waals surface area contributed by atoms with Gasteiger partial charge in [0.25, 0.3) is 5.91 Å². The molecule has 0 spiro atoms. The highest BCUT2D eigenvalue weighted by Gasteiger charge is 2.23. The number of nitrogens with zero attached hydrogens (tertiary/aromatic N) is 4. The lowest BCUT2D eigenvalue weighted by molar-refractivity contribution is 0.0982. The van der Waals surface area contributed by atoms with E-state index in [1.165, 1.54) is 16.9 Å². The number of benzene rings is 3. The van der Waals surface area contributed by atoms with Crippen molar-refractivity contribution in [2.75, 3.05) is 18.6 Å². The molecule has 0 saturated carbocycles. The van der Waals surface area contributed by atoms with Crippen LogP contribution in [0.5, 0.6) is 5.75 Å². The molecule has 2 heterocycles. The minimum Gasteiger partial charge on any atom is -0.497 e. The van der Waals surface area contributed by atoms with Gasteiger partial charge < -0.3 is 4.74 Å². The summed E-state index contributed by atoms with van der Waals surface area (Å²) in [6.07, 6.45) is 2.52. The minimum absolute atomic E-state index is 0.169. The lowest BCUT2D eigenvalue weighted by Crippen LogP contribution is -2.33. The fourth-order valence-electron chi connectivity index (χ4n) is 3.60. The quantitative estimate of drug-likeness (QED) is 0.331. The van der Waals surface area contributed by atoms with Gasteiger partial charge >= 0.3 is 0 Å². The number of amides is 1. The van der Waals surface area contributed by atoms with Crippen LogP contribution in [0, 0.1) is 0 Å². The normalized spacial score (nSPS) is 10.9. The zero-order valence-electron chi connectivity index (χ0n) is 18.1. The molecule has 1 amide bonds. The third kappa shape index (κ3) is 4.49. The molecule has 164 valence electrons. The molecule has 3 aromatic carbocycles. The number of thiazole rings is 1. The summed E-state index contributed by atoms with van der Waals surface area (Å²) in [5, 5.41) is 5.23. The molecule has 0 saturated heterocycles. The average Bonchev–Trinajstić information content (AvgIpc) is 3.52. The summed E-state index contributed by atoms with van der Waals surface area (Å²) in [7, 11) is 1.63. The van der Waals surface area contributed by atoms with Gasteiger partial charge in [-0.2, -0.15) is 5.10 Å². The van der Waals surface area contributed by atoms with Crippen LogP contribution in [0.1, 0.15) is 16.1 Å². The second-order valence-corrected chi connectivity index (χ2v) is 8.51. The van der Waals surface area contributed by atoms with E-state index in [1.54, 1.807) is 29.0 Å². The third-order valence-corrected chi connectivity index (χ3v) is 6.43. The molecule has 5 rings (SSSR count). The number of para-hydroxylation sites is 1. The largest absolute Gasteiger partial charge is 0.497 e. The first kappa shape index (κ1) is 20.9. The predicted molar refractivity (Wildman–Crippen MR) is 132 cm³/mol. The number of aromatic nitrogens is 3. The maximum atomic E-state index is 13.6. The smallest absolute Gasteiger partial charge is 0.280 e. The highest BCUT2D eigenvalue weighted by Crippen LogP contribution is 2.29. The van der Waals surface area contributed by atoms with Crippen molar-refractivity contribution < 1.29 is 9.53 Å². The van der Waals surface area contributed by atoms with Crippen LogP contribution in [-0.2, 0) is 6.42 Å². The Bertz CT molecular complexity index is 1340. The van der Waals surface area contributed by atoms with Crippen molar-refractivity contribution in [2.45, 2.75) is 6.42 Å². The van der Waals surface area contributed by atoms with E-state index in [0.29, 0.717) is 17.4 Å². The first-order valence-corrected chi connectivity index (χ1v) is 11.4. The molecule has 0 aliphatic carbocycles. The Morgan fingerprint density at radius 2 is 1.73 bits per heavy atom. The second-order valence-electron chi connectivity index (χ2n) is 7.50. The molecule has 0 radical (unpaired) electrons. The van der Waals surface area contributed by atoms with E-state index in [1.807, 2.05) is 66.7 Å². The highest BCUT2D eigenvalue weighted by atomic mass is 32.1. The minimum atomic E-state index is -0.169. The molecule has 0 bridgehead atoms. The van der Waals surface area contributed by atoms with Crippen molar-refractivity contribution in [1.82, 2.24) is 14.8 Å². The summed E-state index contributed by atoms with van der Waals surface area (Å²) in [6, 6.07) is 27.4. The fraction of sp³-hybridized carbons (Fsp3) is 0.115. The Morgan fingerprint density at radius 1 is 0.970 bits per heavy atom. The van der Waals surface area contributed by atoms with E-state index in [2.05, 4.69) is 17.2 Å². The SMILES string of the molecule is COc1ccc(-n2ccc(C(=O)N(CCc3ccccc3)c3nc4ccccc4s3)n2)cc1. The van der Waals surface area contributed by atoms with Crippen LogP contribution in [0.2, 0.25) is 0 Å². The van der Waals surface area contributed by atoms with Gasteiger partial charge in [-0.3, -0.25) is 9.69 Å². The van der Waals surface area contributed by atoms with Gasteiger partial charge in [-0.05, 0) is 54.4 Å². The highest BCUT2D eigenvalue weighted by molar-refractivity contribution is 7.22. The Labute approximate surface area is 195 Å². The maximum absolute atomic E-state index is 13.6. The van der Waals surface area contributed by atoms with Crippen molar-refractivity contribution >= 4 is 32.6 Å². The second kappa shape index (κ2) is 9.26. The van der Waals surface area contributed by atoms with Crippen LogP contribution >= 0.6 is 11.3 Å². The van der Waals surface area contributed by atoms with Gasteiger partial charge in [-0.25, -0.2) is 9.67 Å². The van der Waals surface area contributed by atoms with Crippen LogP contribution in [0.25, 0.3) is 15.9 Å². The van der Waals surface area contributed by atoms with E-state index < -0.39 is 0 Å². The molecule has 33 heavy (non-hydrogen) atoms. The number of anilines is 1. The van der Waals surface area contributed by atoms with Gasteiger partial charge in [0.15, 0.2) is 10.8 Å². The fourth-order valence-corrected chi connectivity index (χ4v) is 4.59. The molecule has 0 unspecified atom stereocenters. The van der Waals surface area contributed by atoms with E-state index in [4.69, 9.17) is 9.72 Å². The van der Waals surface area contributed by atoms with Crippen LogP contribution in [0.15, 0.2) is 91.1 Å². The van der Waals surface area contributed by atoms with Crippen molar-refractivity contribution in [3.8, 4) is 11.4 Å². The molecule has 0 aliphatic rings. The molecule has 0 fully saturated rings. The molecule has 0 aliphatic heterocycles. The molecule has 6 nitrogen and oxygen atoms in total. The molecule has 0 atom stereocenters. The number of hydrogen-bond acceptors (Lipinski definition) is 5. The van der Waals surface area contributed by atoms with Gasteiger partial charge in [0.05, 0.1) is 23.0 Å². The van der Waals surface area contributed by atoms with Crippen molar-refractivity contribution in [3.63, 3.8) is 0 Å². The first-order valence-electron chi connectivity index (χ1n) is 10.6. The summed E-state index contributed by atoms with van der Waals surface area (Å²) in [5.74, 6) is 0.599. The Kier molecular flexibility index (Phi) is 5.87. The molecule has 0 N–H and O–H groups in total. The summed E-state index contributed by atoms with van der Waals surface area (Å²) >= 11 is 1.52. The van der Waals surface area contributed by atoms with Gasteiger partial charge in [0.1, 0.15) is 5.75 Å². The zero-order chi connectivity index (χ0) is 22.6. The van der Waals surface area contributed by atoms with Gasteiger partial charge in [0, 0.05) is 12.7 Å². The molecular formula is C26H22N4O2S. The molecular weight excluding hydrogens is 432 g/mol. The van der Waals surface area contributed by atoms with E-state index >= 15 is 0 Å². The van der Waals surface area contributed by atoms with E-state index in [0.717, 1.165) is 28.1 Å². The first-order chi connectivity index (χ1) is 16.2. The topological polar surface area (TPSA) is 60.2 Å². The Morgan fingerprint density at radius 3 is 2.48 bits per heavy atom. The van der Waals surface area contributed by atoms with E-state index in [9.17, 15) is 4.79 Å². The maximum Gasteiger partial charge on any atom is 0.280 e. The van der Waals surface area contributed by atoms with Gasteiger partial charge in [-0.1, -0.05) is 53.8 Å². The molecule has 2 aromatic heterocycles. The monoisotopic (exact) mass is 454 g/mol. The summed E-state index contributed by atoms with van der Waals surface area (Å²) in [4.78, 5) is 20.1. The number of methoxy groups -OCH3 is 1. The zero-order valence-corrected chi connectivity index (χ0v) is 18.9. The Balaban J connectivity index is 1.45. The summed E-state index contributed by atoms with van der Waals surface area (Å²) in [6.45, 7) is 0.512. The van der Waals surface area contributed by atoms with Crippen molar-refractivity contribution in [2.24, 2.45) is 0 Å². The van der Waals surface area contributed by atoms with Crippen LogP contribution in [-0.4, -0.2) is 34.3 Å². The third-order valence-electron chi connectivity index (χ3n) is 5.37. The van der Waals surface area contributed by atoms with Crippen molar-refractivity contribution in [1.29, 1.82) is 0 Å². The molecule has 7 heteroatoms. The number of fused-ring (bicyclic) bond motifs is 1. The van der Waals surface area contributed by atoms with Crippen LogP contribution < -0.4 is 9.64 Å². The standard InChI is InChI=1S/C26H22N4O2S/c1-32-21-13-11-20(12-14-21)30-18-16-23(28-30)25(31)29(17-15-19-7-3-2-4-8-19)26-27-22-9-5-6-10-24(22)33-26/h2-14,16,18H,15,17H2,1H3. The lowest BCUT2D eigenvalue weighted by atomic mass is 10.1. The van der Waals surface area contributed by atoms with Crippen molar-refractivity contribution in [3.05, 3.63) is 102 Å². The Hall–Kier alpha value is -3.97. The summed E-state index contributed by atoms with van der Waals surface area (Å²) in [5.41, 5.74) is 3.28. The number of carbonyl (C=O) groups is 1. The predicted octanol–water partition coefficient (Wildman–Crippen LogP) is 5.38. The van der Waals surface area contributed by atoms with Crippen LogP contribution in [0.3, 0.4) is 0 Å². The number of carbonyl (C=O) groups excluding carboxylic acids is 1. The summed E-state index contributed by atoms with van der Waals surface area (Å²) < 4.78 is 7.97. The van der Waals surface area contributed by atoms with Crippen LogP contribution in [0.4, 0.5) is 5.13 Å². The number of hydrogen-bond donors (Lipinski definition) is 0. The van der Waals surface area contributed by atoms with Gasteiger partial charge in [0.2, 0.25) is 0 Å². The average molecular weight is 455 g/mol. The lowest BCUT2D eigenvalue weighted by Gasteiger charge is -2.19. The van der Waals surface area contributed by atoms with Gasteiger partial charge in [-0.15, -0.1) is 0 Å². The number of ether oxygens (including phenoxy) is 1. The number of rotatable bonds is 7. The van der Waals surface area contributed by atoms with E-state index in [-0.39, 0.29) is 5.91 Å².